The van der Waals surface area contributed by atoms with Crippen LogP contribution in [0.5, 0.6) is 0 Å². The number of aromatic nitrogens is 1. The third-order valence-corrected chi connectivity index (χ3v) is 2.21. The lowest BCUT2D eigenvalue weighted by atomic mass is 10.0. The molecular formula is C9H8BrNO4. The average molecular weight is 274 g/mol. The van der Waals surface area contributed by atoms with Crippen molar-refractivity contribution in [2.45, 2.75) is 12.3 Å². The Morgan fingerprint density at radius 3 is 2.53 bits per heavy atom. The first-order chi connectivity index (χ1) is 7.00. The monoisotopic (exact) mass is 273 g/mol. The van der Waals surface area contributed by atoms with Gasteiger partial charge in [-0.2, -0.15) is 0 Å². The third kappa shape index (κ3) is 3.32. The topological polar surface area (TPSA) is 87.5 Å². The van der Waals surface area contributed by atoms with Crippen LogP contribution >= 0.6 is 15.9 Å². The van der Waals surface area contributed by atoms with Gasteiger partial charge in [-0.25, -0.2) is 4.98 Å². The summed E-state index contributed by atoms with van der Waals surface area (Å²) >= 11 is 3.09. The summed E-state index contributed by atoms with van der Waals surface area (Å²) in [4.78, 5) is 25.2. The summed E-state index contributed by atoms with van der Waals surface area (Å²) in [6.45, 7) is 0. The van der Waals surface area contributed by atoms with Crippen LogP contribution in [-0.2, 0) is 9.59 Å². The lowest BCUT2D eigenvalue weighted by Gasteiger charge is -2.08. The Balaban J connectivity index is 2.98. The van der Waals surface area contributed by atoms with Gasteiger partial charge in [0, 0.05) is 0 Å². The van der Waals surface area contributed by atoms with Gasteiger partial charge < -0.3 is 10.2 Å². The molecule has 1 aromatic rings. The lowest BCUT2D eigenvalue weighted by molar-refractivity contribution is -0.145. The maximum Gasteiger partial charge on any atom is 0.313 e. The molecule has 0 saturated carbocycles. The van der Waals surface area contributed by atoms with Crippen molar-refractivity contribution in [2.75, 3.05) is 0 Å². The molecule has 0 bridgehead atoms. The van der Waals surface area contributed by atoms with Gasteiger partial charge >= 0.3 is 11.9 Å². The summed E-state index contributed by atoms with van der Waals surface area (Å²) in [5, 5.41) is 17.4. The summed E-state index contributed by atoms with van der Waals surface area (Å²) in [6, 6.07) is 4.75. The predicted molar refractivity (Wildman–Crippen MR) is 54.6 cm³/mol. The van der Waals surface area contributed by atoms with E-state index in [0.29, 0.717) is 4.60 Å². The molecule has 0 fully saturated rings. The molecule has 0 saturated heterocycles. The van der Waals surface area contributed by atoms with Crippen LogP contribution in [0.4, 0.5) is 0 Å². The molecule has 1 atom stereocenters. The first-order valence-corrected chi connectivity index (χ1v) is 4.87. The van der Waals surface area contributed by atoms with Crippen molar-refractivity contribution in [3.8, 4) is 0 Å². The van der Waals surface area contributed by atoms with Crippen LogP contribution in [0.3, 0.4) is 0 Å². The van der Waals surface area contributed by atoms with Crippen molar-refractivity contribution in [1.29, 1.82) is 0 Å². The molecule has 2 N–H and O–H groups in total. The zero-order chi connectivity index (χ0) is 11.4. The van der Waals surface area contributed by atoms with Crippen LogP contribution < -0.4 is 0 Å². The molecular weight excluding hydrogens is 266 g/mol. The molecule has 1 heterocycles. The highest BCUT2D eigenvalue weighted by Gasteiger charge is 2.24. The second kappa shape index (κ2) is 4.88. The van der Waals surface area contributed by atoms with Crippen LogP contribution in [0.25, 0.3) is 0 Å². The molecule has 0 amide bonds. The van der Waals surface area contributed by atoms with E-state index < -0.39 is 24.3 Å². The molecule has 1 aromatic heterocycles. The van der Waals surface area contributed by atoms with Crippen LogP contribution in [0, 0.1) is 0 Å². The van der Waals surface area contributed by atoms with E-state index in [0.717, 1.165) is 0 Å². The highest BCUT2D eigenvalue weighted by Crippen LogP contribution is 2.19. The van der Waals surface area contributed by atoms with E-state index in [2.05, 4.69) is 20.9 Å². The van der Waals surface area contributed by atoms with E-state index in [9.17, 15) is 9.59 Å². The second-order valence-electron chi connectivity index (χ2n) is 2.87. The quantitative estimate of drug-likeness (QED) is 0.812. The Labute approximate surface area is 93.9 Å². The summed E-state index contributed by atoms with van der Waals surface area (Å²) < 4.78 is 0.483. The molecule has 1 unspecified atom stereocenters. The Morgan fingerprint density at radius 1 is 1.40 bits per heavy atom. The number of rotatable bonds is 4. The number of pyridine rings is 1. The molecule has 15 heavy (non-hydrogen) atoms. The van der Waals surface area contributed by atoms with Crippen molar-refractivity contribution in [3.05, 3.63) is 28.5 Å². The molecule has 80 valence electrons. The van der Waals surface area contributed by atoms with Gasteiger partial charge in [-0.15, -0.1) is 0 Å². The zero-order valence-electron chi connectivity index (χ0n) is 7.55. The average Bonchev–Trinajstić information content (AvgIpc) is 2.13. The van der Waals surface area contributed by atoms with E-state index in [4.69, 9.17) is 10.2 Å². The van der Waals surface area contributed by atoms with E-state index in [1.54, 1.807) is 12.1 Å². The van der Waals surface area contributed by atoms with Crippen LogP contribution in [0.2, 0.25) is 0 Å². The maximum absolute atomic E-state index is 10.8. The highest BCUT2D eigenvalue weighted by atomic mass is 79.9. The van der Waals surface area contributed by atoms with Gasteiger partial charge in [0.1, 0.15) is 10.5 Å². The largest absolute Gasteiger partial charge is 0.481 e. The minimum atomic E-state index is -1.19. The second-order valence-corrected chi connectivity index (χ2v) is 3.69. The molecule has 0 aliphatic rings. The van der Waals surface area contributed by atoms with Crippen molar-refractivity contribution in [3.63, 3.8) is 0 Å². The molecule has 0 radical (unpaired) electrons. The SMILES string of the molecule is O=C(O)CC(C(=O)O)c1cccc(Br)n1. The number of carbonyl (C=O) groups is 2. The number of halogens is 1. The van der Waals surface area contributed by atoms with Gasteiger partial charge in [-0.05, 0) is 28.1 Å². The summed E-state index contributed by atoms with van der Waals surface area (Å²) in [7, 11) is 0. The smallest absolute Gasteiger partial charge is 0.313 e. The van der Waals surface area contributed by atoms with Crippen molar-refractivity contribution in [1.82, 2.24) is 4.98 Å². The Kier molecular flexibility index (Phi) is 3.79. The maximum atomic E-state index is 10.8. The fourth-order valence-corrected chi connectivity index (χ4v) is 1.47. The summed E-state index contributed by atoms with van der Waals surface area (Å²) in [5.74, 6) is -3.47. The van der Waals surface area contributed by atoms with Crippen molar-refractivity contribution < 1.29 is 19.8 Å². The molecule has 6 heteroatoms. The van der Waals surface area contributed by atoms with Crippen molar-refractivity contribution in [2.24, 2.45) is 0 Å². The molecule has 0 aliphatic carbocycles. The van der Waals surface area contributed by atoms with Gasteiger partial charge in [-0.1, -0.05) is 6.07 Å². The van der Waals surface area contributed by atoms with E-state index in [1.165, 1.54) is 6.07 Å². The predicted octanol–water partition coefficient (Wildman–Crippen LogP) is 1.49. The normalized spacial score (nSPS) is 12.1. The Morgan fingerprint density at radius 2 is 2.07 bits per heavy atom. The van der Waals surface area contributed by atoms with Crippen LogP contribution in [0.15, 0.2) is 22.8 Å². The summed E-state index contributed by atoms with van der Waals surface area (Å²) in [5.41, 5.74) is 0.235. The number of carboxylic acid groups (broad SMARTS) is 2. The van der Waals surface area contributed by atoms with Gasteiger partial charge in [0.2, 0.25) is 0 Å². The first-order valence-electron chi connectivity index (χ1n) is 4.07. The minimum Gasteiger partial charge on any atom is -0.481 e. The van der Waals surface area contributed by atoms with Gasteiger partial charge in [-0.3, -0.25) is 9.59 Å². The molecule has 1 rings (SSSR count). The number of hydrogen-bond acceptors (Lipinski definition) is 3. The molecule has 0 spiro atoms. The highest BCUT2D eigenvalue weighted by molar-refractivity contribution is 9.10. The minimum absolute atomic E-state index is 0.235. The van der Waals surface area contributed by atoms with E-state index in [1.807, 2.05) is 0 Å². The lowest BCUT2D eigenvalue weighted by Crippen LogP contribution is -2.17. The van der Waals surface area contributed by atoms with Gasteiger partial charge in [0.25, 0.3) is 0 Å². The first kappa shape index (κ1) is 11.6. The Bertz CT molecular complexity index is 393. The molecule has 0 aromatic carbocycles. The zero-order valence-corrected chi connectivity index (χ0v) is 9.14. The number of aliphatic carboxylic acids is 2. The van der Waals surface area contributed by atoms with Crippen molar-refractivity contribution >= 4 is 27.9 Å². The fourth-order valence-electron chi connectivity index (χ4n) is 1.11. The van der Waals surface area contributed by atoms with Crippen LogP contribution in [0.1, 0.15) is 18.0 Å². The van der Waals surface area contributed by atoms with Crippen LogP contribution in [-0.4, -0.2) is 27.1 Å². The third-order valence-electron chi connectivity index (χ3n) is 1.77. The standard InChI is InChI=1S/C9H8BrNO4/c10-7-3-1-2-6(11-7)5(9(14)15)4-8(12)13/h1-3,5H,4H2,(H,12,13)(H,14,15). The molecule has 5 nitrogen and oxygen atoms in total. The van der Waals surface area contributed by atoms with E-state index >= 15 is 0 Å². The van der Waals surface area contributed by atoms with Gasteiger partial charge in [0.15, 0.2) is 0 Å². The van der Waals surface area contributed by atoms with E-state index in [-0.39, 0.29) is 5.69 Å². The summed E-state index contributed by atoms with van der Waals surface area (Å²) in [6.07, 6.45) is -0.473. The number of hydrogen-bond donors (Lipinski definition) is 2. The number of carboxylic acids is 2. The Hall–Kier alpha value is -1.43. The van der Waals surface area contributed by atoms with Gasteiger partial charge in [0.05, 0.1) is 12.1 Å². The fraction of sp³-hybridized carbons (Fsp3) is 0.222. The molecule has 0 aliphatic heterocycles. The number of nitrogens with zero attached hydrogens (tertiary/aromatic N) is 1.